The number of aromatic nitrogens is 1. The second kappa shape index (κ2) is 4.45. The van der Waals surface area contributed by atoms with Gasteiger partial charge in [-0.25, -0.2) is 4.79 Å². The van der Waals surface area contributed by atoms with Crippen molar-refractivity contribution in [3.8, 4) is 0 Å². The molecule has 4 nitrogen and oxygen atoms in total. The first kappa shape index (κ1) is 9.51. The molecular weight excluding hydrogens is 166 g/mol. The number of nitrogens with zero attached hydrogens (tertiary/aromatic N) is 2. The van der Waals surface area contributed by atoms with Gasteiger partial charge < -0.3 is 5.32 Å². The largest absolute Gasteiger partial charge is 0.338 e. The number of pyridine rings is 1. The van der Waals surface area contributed by atoms with E-state index >= 15 is 0 Å². The molecule has 1 aromatic heterocycles. The Bertz CT molecular complexity index is 273. The minimum atomic E-state index is -0.103. The highest BCUT2D eigenvalue weighted by atomic mass is 16.2. The highest BCUT2D eigenvalue weighted by Gasteiger charge is 2.07. The van der Waals surface area contributed by atoms with E-state index in [0.717, 1.165) is 5.69 Å². The van der Waals surface area contributed by atoms with Gasteiger partial charge in [0.25, 0.3) is 0 Å². The van der Waals surface area contributed by atoms with E-state index in [9.17, 15) is 4.79 Å². The second-order valence-electron chi connectivity index (χ2n) is 2.60. The highest BCUT2D eigenvalue weighted by molar-refractivity contribution is 5.91. The van der Waals surface area contributed by atoms with E-state index in [4.69, 9.17) is 0 Å². The first-order valence-corrected chi connectivity index (χ1v) is 4.17. The zero-order valence-electron chi connectivity index (χ0n) is 7.82. The third-order valence-corrected chi connectivity index (χ3v) is 1.68. The second-order valence-corrected chi connectivity index (χ2v) is 2.60. The van der Waals surface area contributed by atoms with E-state index < -0.39 is 0 Å². The zero-order valence-corrected chi connectivity index (χ0v) is 7.82. The molecule has 0 spiro atoms. The molecular formula is C9H13N3O. The summed E-state index contributed by atoms with van der Waals surface area (Å²) < 4.78 is 0. The molecule has 0 aliphatic heterocycles. The Labute approximate surface area is 77.6 Å². The van der Waals surface area contributed by atoms with Gasteiger partial charge in [0, 0.05) is 31.7 Å². The highest BCUT2D eigenvalue weighted by Crippen LogP contribution is 2.08. The lowest BCUT2D eigenvalue weighted by Crippen LogP contribution is -2.36. The zero-order chi connectivity index (χ0) is 9.68. The molecule has 0 unspecified atom stereocenters. The summed E-state index contributed by atoms with van der Waals surface area (Å²) >= 11 is 0. The Morgan fingerprint density at radius 1 is 1.54 bits per heavy atom. The van der Waals surface area contributed by atoms with Crippen LogP contribution in [0, 0.1) is 0 Å². The molecule has 0 bridgehead atoms. The van der Waals surface area contributed by atoms with Crippen molar-refractivity contribution in [2.75, 3.05) is 18.5 Å². The predicted molar refractivity (Wildman–Crippen MR) is 51.7 cm³/mol. The van der Waals surface area contributed by atoms with Crippen LogP contribution < -0.4 is 10.2 Å². The first-order valence-electron chi connectivity index (χ1n) is 4.17. The van der Waals surface area contributed by atoms with Crippen LogP contribution in [0.25, 0.3) is 0 Å². The number of rotatable bonds is 2. The molecule has 1 rings (SSSR count). The molecule has 0 atom stereocenters. The number of hydrogen-bond donors (Lipinski definition) is 1. The fourth-order valence-electron chi connectivity index (χ4n) is 0.955. The Morgan fingerprint density at radius 3 is 2.69 bits per heavy atom. The van der Waals surface area contributed by atoms with Crippen LogP contribution in [0.3, 0.4) is 0 Å². The summed E-state index contributed by atoms with van der Waals surface area (Å²) in [6.45, 7) is 2.52. The molecule has 0 radical (unpaired) electrons. The average Bonchev–Trinajstić information content (AvgIpc) is 2.18. The van der Waals surface area contributed by atoms with Gasteiger partial charge in [-0.05, 0) is 19.1 Å². The summed E-state index contributed by atoms with van der Waals surface area (Å²) in [7, 11) is 1.72. The van der Waals surface area contributed by atoms with Gasteiger partial charge in [-0.2, -0.15) is 0 Å². The van der Waals surface area contributed by atoms with Crippen LogP contribution in [0.4, 0.5) is 10.5 Å². The van der Waals surface area contributed by atoms with E-state index in [-0.39, 0.29) is 6.03 Å². The van der Waals surface area contributed by atoms with Crippen molar-refractivity contribution in [2.24, 2.45) is 0 Å². The van der Waals surface area contributed by atoms with Gasteiger partial charge in [0.2, 0.25) is 0 Å². The molecule has 0 aromatic carbocycles. The SMILES string of the molecule is CCNC(=O)N(C)c1ccncc1. The maximum Gasteiger partial charge on any atom is 0.321 e. The fraction of sp³-hybridized carbons (Fsp3) is 0.333. The molecule has 1 N–H and O–H groups in total. The van der Waals surface area contributed by atoms with Crippen LogP contribution >= 0.6 is 0 Å². The van der Waals surface area contributed by atoms with Gasteiger partial charge in [-0.1, -0.05) is 0 Å². The first-order chi connectivity index (χ1) is 6.25. The van der Waals surface area contributed by atoms with E-state index in [1.165, 1.54) is 0 Å². The van der Waals surface area contributed by atoms with Crippen molar-refractivity contribution in [3.63, 3.8) is 0 Å². The number of hydrogen-bond acceptors (Lipinski definition) is 2. The van der Waals surface area contributed by atoms with E-state index in [1.807, 2.05) is 6.92 Å². The van der Waals surface area contributed by atoms with Crippen LogP contribution in [0.5, 0.6) is 0 Å². The molecule has 4 heteroatoms. The van der Waals surface area contributed by atoms with E-state index in [0.29, 0.717) is 6.54 Å². The third-order valence-electron chi connectivity index (χ3n) is 1.68. The summed E-state index contributed by atoms with van der Waals surface area (Å²) in [4.78, 5) is 16.8. The van der Waals surface area contributed by atoms with Gasteiger partial charge >= 0.3 is 6.03 Å². The molecule has 2 amide bonds. The van der Waals surface area contributed by atoms with Crippen molar-refractivity contribution in [1.29, 1.82) is 0 Å². The quantitative estimate of drug-likeness (QED) is 0.742. The summed E-state index contributed by atoms with van der Waals surface area (Å²) in [5.74, 6) is 0. The van der Waals surface area contributed by atoms with Gasteiger partial charge in [0.15, 0.2) is 0 Å². The minimum absolute atomic E-state index is 0.103. The van der Waals surface area contributed by atoms with Crippen LogP contribution in [0.15, 0.2) is 24.5 Å². The number of carbonyl (C=O) groups is 1. The molecule has 0 aliphatic carbocycles. The molecule has 0 saturated heterocycles. The predicted octanol–water partition coefficient (Wildman–Crippen LogP) is 1.25. The molecule has 1 aromatic rings. The smallest absolute Gasteiger partial charge is 0.321 e. The average molecular weight is 179 g/mol. The Morgan fingerprint density at radius 2 is 2.15 bits per heavy atom. The van der Waals surface area contributed by atoms with Crippen LogP contribution in [-0.2, 0) is 0 Å². The summed E-state index contributed by atoms with van der Waals surface area (Å²) in [5, 5.41) is 2.71. The topological polar surface area (TPSA) is 45.2 Å². The lowest BCUT2D eigenvalue weighted by molar-refractivity contribution is 0.248. The summed E-state index contributed by atoms with van der Waals surface area (Å²) in [6, 6.07) is 3.47. The van der Waals surface area contributed by atoms with Crippen LogP contribution in [0.1, 0.15) is 6.92 Å². The molecule has 13 heavy (non-hydrogen) atoms. The maximum absolute atomic E-state index is 11.3. The standard InChI is InChI=1S/C9H13N3O/c1-3-11-9(13)12(2)8-4-6-10-7-5-8/h4-7H,3H2,1-2H3,(H,11,13). The molecule has 0 fully saturated rings. The monoisotopic (exact) mass is 179 g/mol. The number of amides is 2. The number of anilines is 1. The van der Waals surface area contributed by atoms with E-state index in [2.05, 4.69) is 10.3 Å². The summed E-state index contributed by atoms with van der Waals surface area (Å²) in [6.07, 6.45) is 3.32. The Kier molecular flexibility index (Phi) is 3.25. The van der Waals surface area contributed by atoms with Gasteiger partial charge in [-0.3, -0.25) is 9.88 Å². The normalized spacial score (nSPS) is 9.38. The number of carbonyl (C=O) groups excluding carboxylic acids is 1. The molecule has 70 valence electrons. The molecule has 0 saturated carbocycles. The molecule has 1 heterocycles. The van der Waals surface area contributed by atoms with Crippen molar-refractivity contribution in [3.05, 3.63) is 24.5 Å². The van der Waals surface area contributed by atoms with Crippen LogP contribution in [-0.4, -0.2) is 24.6 Å². The third kappa shape index (κ3) is 2.43. The fourth-order valence-corrected chi connectivity index (χ4v) is 0.955. The van der Waals surface area contributed by atoms with Crippen molar-refractivity contribution < 1.29 is 4.79 Å². The van der Waals surface area contributed by atoms with Crippen LogP contribution in [0.2, 0.25) is 0 Å². The Hall–Kier alpha value is -1.58. The number of urea groups is 1. The van der Waals surface area contributed by atoms with E-state index in [1.54, 1.807) is 36.5 Å². The Balaban J connectivity index is 2.68. The lowest BCUT2D eigenvalue weighted by atomic mass is 10.4. The van der Waals surface area contributed by atoms with Crippen molar-refractivity contribution >= 4 is 11.7 Å². The molecule has 0 aliphatic rings. The van der Waals surface area contributed by atoms with Gasteiger partial charge in [0.1, 0.15) is 0 Å². The summed E-state index contributed by atoms with van der Waals surface area (Å²) in [5.41, 5.74) is 0.834. The van der Waals surface area contributed by atoms with Gasteiger partial charge in [-0.15, -0.1) is 0 Å². The maximum atomic E-state index is 11.3. The minimum Gasteiger partial charge on any atom is -0.338 e. The van der Waals surface area contributed by atoms with Crippen molar-refractivity contribution in [1.82, 2.24) is 10.3 Å². The van der Waals surface area contributed by atoms with Gasteiger partial charge in [0.05, 0.1) is 0 Å². The lowest BCUT2D eigenvalue weighted by Gasteiger charge is -2.16. The number of nitrogens with one attached hydrogen (secondary N) is 1. The van der Waals surface area contributed by atoms with Crippen molar-refractivity contribution in [2.45, 2.75) is 6.92 Å².